The quantitative estimate of drug-likeness (QED) is 0.835. The molecule has 0 bridgehead atoms. The van der Waals surface area contributed by atoms with Crippen LogP contribution in [0.1, 0.15) is 6.92 Å². The Bertz CT molecular complexity index is 486. The van der Waals surface area contributed by atoms with E-state index in [4.69, 9.17) is 0 Å². The first kappa shape index (κ1) is 9.66. The molecule has 0 radical (unpaired) electrons. The number of aromatic nitrogens is 2. The molecule has 0 atom stereocenters. The first-order valence-electron chi connectivity index (χ1n) is 5.79. The largest absolute Gasteiger partial charge is 0.352 e. The van der Waals surface area contributed by atoms with Crippen molar-refractivity contribution in [3.05, 3.63) is 30.6 Å². The van der Waals surface area contributed by atoms with Crippen LogP contribution in [0.4, 0.5) is 5.82 Å². The molecule has 0 aliphatic carbocycles. The second-order valence-corrected chi connectivity index (χ2v) is 4.14. The molecule has 0 saturated carbocycles. The van der Waals surface area contributed by atoms with E-state index in [1.54, 1.807) is 0 Å². The highest BCUT2D eigenvalue weighted by Gasteiger charge is 2.24. The first-order valence-corrected chi connectivity index (χ1v) is 5.79. The number of imidazole rings is 1. The van der Waals surface area contributed by atoms with E-state index < -0.39 is 0 Å². The fraction of sp³-hybridized carbons (Fsp3) is 0.417. The van der Waals surface area contributed by atoms with E-state index in [1.807, 2.05) is 18.5 Å². The van der Waals surface area contributed by atoms with Crippen molar-refractivity contribution in [2.24, 2.45) is 0 Å². The van der Waals surface area contributed by atoms with Gasteiger partial charge in [-0.2, -0.15) is 0 Å². The second-order valence-electron chi connectivity index (χ2n) is 4.14. The summed E-state index contributed by atoms with van der Waals surface area (Å²) in [5.74, 6) is 1.24. The number of nitrogens with zero attached hydrogens (tertiary/aromatic N) is 3. The van der Waals surface area contributed by atoms with Crippen LogP contribution < -0.4 is 10.2 Å². The number of fused-ring (bicyclic) bond motifs is 1. The first-order chi connectivity index (χ1) is 7.90. The molecule has 3 heterocycles. The van der Waals surface area contributed by atoms with Crippen molar-refractivity contribution in [2.45, 2.75) is 13.0 Å². The monoisotopic (exact) mass is 216 g/mol. The third-order valence-electron chi connectivity index (χ3n) is 3.24. The van der Waals surface area contributed by atoms with Gasteiger partial charge in [0, 0.05) is 32.0 Å². The molecular weight excluding hydrogens is 200 g/mol. The summed E-state index contributed by atoms with van der Waals surface area (Å²) in [7, 11) is 0. The number of anilines is 1. The molecule has 2 aromatic rings. The number of hydrogen-bond acceptors (Lipinski definition) is 3. The summed E-state index contributed by atoms with van der Waals surface area (Å²) in [5, 5.41) is 3.32. The van der Waals surface area contributed by atoms with E-state index in [1.165, 1.54) is 5.82 Å². The number of nitrogens with one attached hydrogen (secondary N) is 1. The van der Waals surface area contributed by atoms with Crippen LogP contribution in [0.15, 0.2) is 30.6 Å². The molecule has 0 spiro atoms. The van der Waals surface area contributed by atoms with Gasteiger partial charge in [0.15, 0.2) is 0 Å². The smallest absolute Gasteiger partial charge is 0.138 e. The molecule has 2 aromatic heterocycles. The molecule has 0 unspecified atom stereocenters. The zero-order valence-electron chi connectivity index (χ0n) is 9.43. The highest BCUT2D eigenvalue weighted by Crippen LogP contribution is 2.20. The molecule has 4 nitrogen and oxygen atoms in total. The van der Waals surface area contributed by atoms with Gasteiger partial charge in [0.2, 0.25) is 0 Å². The third kappa shape index (κ3) is 1.38. The van der Waals surface area contributed by atoms with Gasteiger partial charge in [0.25, 0.3) is 0 Å². The molecule has 1 aliphatic heterocycles. The summed E-state index contributed by atoms with van der Waals surface area (Å²) in [6.45, 7) is 5.40. The Balaban J connectivity index is 2.05. The molecule has 1 saturated heterocycles. The van der Waals surface area contributed by atoms with Crippen molar-refractivity contribution < 1.29 is 0 Å². The average molecular weight is 216 g/mol. The van der Waals surface area contributed by atoms with E-state index in [0.29, 0.717) is 6.04 Å². The standard InChI is InChI=1S/C12H16N4/c1-2-15(10-8-13-9-10)12-5-3-4-11-14-6-7-16(11)12/h3-7,10,13H,2,8-9H2,1H3. The Kier molecular flexibility index (Phi) is 2.29. The van der Waals surface area contributed by atoms with Crippen LogP contribution >= 0.6 is 0 Å². The van der Waals surface area contributed by atoms with Gasteiger partial charge < -0.3 is 10.2 Å². The van der Waals surface area contributed by atoms with Gasteiger partial charge in [-0.3, -0.25) is 4.40 Å². The van der Waals surface area contributed by atoms with Gasteiger partial charge in [-0.05, 0) is 19.1 Å². The minimum atomic E-state index is 0.623. The molecule has 0 amide bonds. The van der Waals surface area contributed by atoms with Crippen LogP contribution in [0.25, 0.3) is 5.65 Å². The molecular formula is C12H16N4. The molecule has 84 valence electrons. The lowest BCUT2D eigenvalue weighted by atomic mass is 10.1. The maximum absolute atomic E-state index is 4.32. The molecule has 0 aromatic carbocycles. The Morgan fingerprint density at radius 2 is 2.38 bits per heavy atom. The van der Waals surface area contributed by atoms with E-state index in [0.717, 1.165) is 25.3 Å². The highest BCUT2D eigenvalue weighted by molar-refractivity contribution is 5.52. The lowest BCUT2D eigenvalue weighted by molar-refractivity contribution is 0.414. The van der Waals surface area contributed by atoms with Crippen molar-refractivity contribution >= 4 is 11.5 Å². The lowest BCUT2D eigenvalue weighted by Gasteiger charge is -2.39. The summed E-state index contributed by atoms with van der Waals surface area (Å²) in [4.78, 5) is 6.76. The number of rotatable bonds is 3. The SMILES string of the molecule is CCN(c1cccc2nccn12)C1CNC1. The van der Waals surface area contributed by atoms with Crippen LogP contribution in [-0.4, -0.2) is 35.1 Å². The van der Waals surface area contributed by atoms with Gasteiger partial charge >= 0.3 is 0 Å². The van der Waals surface area contributed by atoms with Gasteiger partial charge in [-0.25, -0.2) is 4.98 Å². The average Bonchev–Trinajstić information content (AvgIpc) is 2.70. The van der Waals surface area contributed by atoms with Crippen LogP contribution in [0, 0.1) is 0 Å². The van der Waals surface area contributed by atoms with Crippen LogP contribution in [0.2, 0.25) is 0 Å². The summed E-state index contributed by atoms with van der Waals surface area (Å²) in [5.41, 5.74) is 1.02. The number of likely N-dealkylation sites (N-methyl/N-ethyl adjacent to an activating group) is 1. The molecule has 1 fully saturated rings. The van der Waals surface area contributed by atoms with Crippen molar-refractivity contribution in [3.8, 4) is 0 Å². The Labute approximate surface area is 94.9 Å². The van der Waals surface area contributed by atoms with Gasteiger partial charge in [-0.1, -0.05) is 6.07 Å². The van der Waals surface area contributed by atoms with E-state index in [9.17, 15) is 0 Å². The van der Waals surface area contributed by atoms with E-state index in [-0.39, 0.29) is 0 Å². The predicted molar refractivity (Wildman–Crippen MR) is 64.9 cm³/mol. The normalized spacial score (nSPS) is 16.3. The Morgan fingerprint density at radius 3 is 3.06 bits per heavy atom. The summed E-state index contributed by atoms with van der Waals surface area (Å²) >= 11 is 0. The van der Waals surface area contributed by atoms with E-state index in [2.05, 4.69) is 38.7 Å². The van der Waals surface area contributed by atoms with Gasteiger partial charge in [0.05, 0.1) is 6.04 Å². The predicted octanol–water partition coefficient (Wildman–Crippen LogP) is 1.13. The summed E-state index contributed by atoms with van der Waals surface area (Å²) in [6.07, 6.45) is 3.88. The molecule has 16 heavy (non-hydrogen) atoms. The number of hydrogen-bond donors (Lipinski definition) is 1. The zero-order valence-corrected chi connectivity index (χ0v) is 9.43. The second kappa shape index (κ2) is 3.79. The molecule has 1 aliphatic rings. The van der Waals surface area contributed by atoms with Crippen LogP contribution in [0.5, 0.6) is 0 Å². The summed E-state index contributed by atoms with van der Waals surface area (Å²) < 4.78 is 2.15. The summed E-state index contributed by atoms with van der Waals surface area (Å²) in [6, 6.07) is 6.90. The van der Waals surface area contributed by atoms with Crippen molar-refractivity contribution in [1.82, 2.24) is 14.7 Å². The maximum Gasteiger partial charge on any atom is 0.138 e. The topological polar surface area (TPSA) is 32.6 Å². The third-order valence-corrected chi connectivity index (χ3v) is 3.24. The Hall–Kier alpha value is -1.55. The van der Waals surface area contributed by atoms with Crippen molar-refractivity contribution in [2.75, 3.05) is 24.5 Å². The molecule has 1 N–H and O–H groups in total. The van der Waals surface area contributed by atoms with Crippen LogP contribution in [0.3, 0.4) is 0 Å². The van der Waals surface area contributed by atoms with Crippen LogP contribution in [-0.2, 0) is 0 Å². The minimum Gasteiger partial charge on any atom is -0.352 e. The Morgan fingerprint density at radius 1 is 1.50 bits per heavy atom. The zero-order chi connectivity index (χ0) is 11.0. The minimum absolute atomic E-state index is 0.623. The maximum atomic E-state index is 4.32. The number of pyridine rings is 1. The lowest BCUT2D eigenvalue weighted by Crippen LogP contribution is -2.57. The van der Waals surface area contributed by atoms with Crippen molar-refractivity contribution in [3.63, 3.8) is 0 Å². The van der Waals surface area contributed by atoms with Crippen molar-refractivity contribution in [1.29, 1.82) is 0 Å². The van der Waals surface area contributed by atoms with E-state index >= 15 is 0 Å². The molecule has 3 rings (SSSR count). The molecule has 4 heteroatoms. The van der Waals surface area contributed by atoms with Gasteiger partial charge in [0.1, 0.15) is 11.5 Å². The fourth-order valence-electron chi connectivity index (χ4n) is 2.27. The highest BCUT2D eigenvalue weighted by atomic mass is 15.3. The van der Waals surface area contributed by atoms with Gasteiger partial charge in [-0.15, -0.1) is 0 Å². The fourth-order valence-corrected chi connectivity index (χ4v) is 2.27.